The molecule has 0 aliphatic heterocycles. The maximum atomic E-state index is 12.4. The average molecular weight is 405 g/mol. The smallest absolute Gasteiger partial charge is 0.426 e. The van der Waals surface area contributed by atoms with Gasteiger partial charge in [-0.1, -0.05) is 48.5 Å². The number of aromatic amines is 1. The Morgan fingerprint density at radius 2 is 1.73 bits per heavy atom. The van der Waals surface area contributed by atoms with Crippen molar-refractivity contribution in [3.8, 4) is 11.1 Å². The Hall–Kier alpha value is -4.34. The van der Waals surface area contributed by atoms with Crippen LogP contribution in [0.25, 0.3) is 22.3 Å². The molecule has 0 fully saturated rings. The number of H-pyrrole nitrogens is 1. The number of imidazole rings is 1. The van der Waals surface area contributed by atoms with Gasteiger partial charge in [-0.3, -0.25) is 9.78 Å². The molecule has 0 saturated heterocycles. The van der Waals surface area contributed by atoms with E-state index in [0.29, 0.717) is 0 Å². The van der Waals surface area contributed by atoms with E-state index >= 15 is 0 Å². The summed E-state index contributed by atoms with van der Waals surface area (Å²) in [6.07, 6.45) is 0.261. The largest absolute Gasteiger partial charge is 0.447 e. The van der Waals surface area contributed by atoms with Gasteiger partial charge < -0.3 is 9.94 Å². The van der Waals surface area contributed by atoms with Crippen molar-refractivity contribution in [2.75, 3.05) is 12.0 Å². The molecule has 2 aromatic carbocycles. The SMILES string of the molecule is O=C(Nn1cnc2c(=O)[nH]c(=O)n(O)c21)OCC1c2ccccc2-c2ccccc21. The van der Waals surface area contributed by atoms with E-state index in [1.807, 2.05) is 53.5 Å². The monoisotopic (exact) mass is 405 g/mol. The number of carbonyl (C=O) groups excluding carboxylic acids is 1. The van der Waals surface area contributed by atoms with Crippen LogP contribution in [0.5, 0.6) is 0 Å². The van der Waals surface area contributed by atoms with Crippen molar-refractivity contribution in [2.45, 2.75) is 5.92 Å². The van der Waals surface area contributed by atoms with Gasteiger partial charge in [0, 0.05) is 5.92 Å². The van der Waals surface area contributed by atoms with Crippen molar-refractivity contribution < 1.29 is 14.7 Å². The number of carbonyl (C=O) groups is 1. The molecule has 30 heavy (non-hydrogen) atoms. The van der Waals surface area contributed by atoms with Gasteiger partial charge in [0.05, 0.1) is 0 Å². The predicted molar refractivity (Wildman–Crippen MR) is 106 cm³/mol. The molecular weight excluding hydrogens is 390 g/mol. The number of rotatable bonds is 3. The molecule has 0 bridgehead atoms. The van der Waals surface area contributed by atoms with Crippen LogP contribution in [0, 0.1) is 0 Å². The van der Waals surface area contributed by atoms with Gasteiger partial charge in [0.25, 0.3) is 5.56 Å². The first-order valence-electron chi connectivity index (χ1n) is 9.08. The fraction of sp³-hybridized carbons (Fsp3) is 0.100. The van der Waals surface area contributed by atoms with Crippen LogP contribution in [-0.2, 0) is 4.74 Å². The van der Waals surface area contributed by atoms with E-state index in [9.17, 15) is 19.6 Å². The minimum Gasteiger partial charge on any atom is -0.447 e. The molecule has 1 aliphatic carbocycles. The van der Waals surface area contributed by atoms with E-state index < -0.39 is 17.3 Å². The molecule has 150 valence electrons. The molecule has 0 radical (unpaired) electrons. The van der Waals surface area contributed by atoms with Crippen LogP contribution >= 0.6 is 0 Å². The van der Waals surface area contributed by atoms with Gasteiger partial charge in [-0.2, -0.15) is 0 Å². The zero-order valence-electron chi connectivity index (χ0n) is 15.4. The Morgan fingerprint density at radius 3 is 2.40 bits per heavy atom. The lowest BCUT2D eigenvalue weighted by atomic mass is 9.98. The number of ether oxygens (including phenoxy) is 1. The predicted octanol–water partition coefficient (Wildman–Crippen LogP) is 1.62. The van der Waals surface area contributed by atoms with Crippen molar-refractivity contribution in [3.05, 3.63) is 86.8 Å². The number of hydrogen-bond acceptors (Lipinski definition) is 6. The quantitative estimate of drug-likeness (QED) is 0.444. The van der Waals surface area contributed by atoms with Gasteiger partial charge in [0.2, 0.25) is 5.65 Å². The number of fused-ring (bicyclic) bond motifs is 4. The normalized spacial score (nSPS) is 12.5. The topological polar surface area (TPSA) is 131 Å². The summed E-state index contributed by atoms with van der Waals surface area (Å²) in [7, 11) is 0. The second-order valence-electron chi connectivity index (χ2n) is 6.80. The summed E-state index contributed by atoms with van der Waals surface area (Å²) in [4.78, 5) is 41.5. The second kappa shape index (κ2) is 6.62. The van der Waals surface area contributed by atoms with E-state index in [4.69, 9.17) is 4.74 Å². The Kier molecular flexibility index (Phi) is 3.91. The number of aromatic nitrogens is 4. The highest BCUT2D eigenvalue weighted by Crippen LogP contribution is 2.44. The molecule has 4 aromatic rings. The van der Waals surface area contributed by atoms with Crippen LogP contribution in [0.15, 0.2) is 64.4 Å². The first-order valence-corrected chi connectivity index (χ1v) is 9.08. The maximum Gasteiger partial charge on any atom is 0.426 e. The van der Waals surface area contributed by atoms with Crippen LogP contribution in [-0.4, -0.2) is 37.3 Å². The zero-order valence-corrected chi connectivity index (χ0v) is 15.4. The molecule has 2 heterocycles. The third-order valence-corrected chi connectivity index (χ3v) is 5.13. The van der Waals surface area contributed by atoms with Crippen molar-refractivity contribution >= 4 is 17.3 Å². The first kappa shape index (κ1) is 17.7. The summed E-state index contributed by atoms with van der Waals surface area (Å²) in [5.41, 5.74) is 4.36. The van der Waals surface area contributed by atoms with E-state index in [0.717, 1.165) is 33.3 Å². The lowest BCUT2D eigenvalue weighted by Crippen LogP contribution is -2.32. The van der Waals surface area contributed by atoms with Gasteiger partial charge in [0.15, 0.2) is 5.52 Å². The Bertz CT molecular complexity index is 1370. The third-order valence-electron chi connectivity index (χ3n) is 5.13. The summed E-state index contributed by atoms with van der Waals surface area (Å²) >= 11 is 0. The maximum absolute atomic E-state index is 12.4. The minimum atomic E-state index is -1.05. The van der Waals surface area contributed by atoms with Gasteiger partial charge in [-0.15, -0.1) is 4.73 Å². The highest BCUT2D eigenvalue weighted by Gasteiger charge is 2.29. The number of benzene rings is 2. The summed E-state index contributed by atoms with van der Waals surface area (Å²) < 4.78 is 6.55. The molecule has 1 amide bonds. The molecule has 10 heteroatoms. The van der Waals surface area contributed by atoms with Crippen LogP contribution < -0.4 is 16.7 Å². The Balaban J connectivity index is 1.39. The van der Waals surface area contributed by atoms with Crippen molar-refractivity contribution in [2.24, 2.45) is 0 Å². The number of nitrogens with zero attached hydrogens (tertiary/aromatic N) is 3. The molecule has 3 N–H and O–H groups in total. The van der Waals surface area contributed by atoms with Crippen molar-refractivity contribution in [1.29, 1.82) is 0 Å². The molecule has 0 saturated carbocycles. The van der Waals surface area contributed by atoms with Gasteiger partial charge >= 0.3 is 11.8 Å². The lowest BCUT2D eigenvalue weighted by Gasteiger charge is -2.15. The molecule has 0 spiro atoms. The lowest BCUT2D eigenvalue weighted by molar-refractivity contribution is 0.154. The Morgan fingerprint density at radius 1 is 1.10 bits per heavy atom. The molecule has 0 unspecified atom stereocenters. The highest BCUT2D eigenvalue weighted by atomic mass is 16.6. The summed E-state index contributed by atoms with van der Waals surface area (Å²) in [6.45, 7) is 0.0823. The van der Waals surface area contributed by atoms with Gasteiger partial charge in [0.1, 0.15) is 12.9 Å². The van der Waals surface area contributed by atoms with Crippen molar-refractivity contribution in [3.63, 3.8) is 0 Å². The average Bonchev–Trinajstić information content (AvgIpc) is 3.30. The second-order valence-corrected chi connectivity index (χ2v) is 6.80. The van der Waals surface area contributed by atoms with Crippen LogP contribution in [0.3, 0.4) is 0 Å². The summed E-state index contributed by atoms with van der Waals surface area (Å²) in [6, 6.07) is 15.9. The molecule has 1 aliphatic rings. The fourth-order valence-electron chi connectivity index (χ4n) is 3.82. The van der Waals surface area contributed by atoms with E-state index in [2.05, 4.69) is 10.4 Å². The van der Waals surface area contributed by atoms with Crippen LogP contribution in [0.1, 0.15) is 17.0 Å². The van der Waals surface area contributed by atoms with Crippen molar-refractivity contribution in [1.82, 2.24) is 19.4 Å². The molecular formula is C20H15N5O5. The van der Waals surface area contributed by atoms with E-state index in [1.165, 1.54) is 0 Å². The highest BCUT2D eigenvalue weighted by molar-refractivity contribution is 5.81. The Labute approximate surface area is 167 Å². The molecule has 5 rings (SSSR count). The number of amides is 1. The molecule has 2 aromatic heterocycles. The summed E-state index contributed by atoms with van der Waals surface area (Å²) in [5, 5.41) is 9.87. The van der Waals surface area contributed by atoms with Gasteiger partial charge in [-0.25, -0.2) is 24.7 Å². The number of nitrogens with one attached hydrogen (secondary N) is 2. The third kappa shape index (κ3) is 2.65. The molecule has 0 atom stereocenters. The summed E-state index contributed by atoms with van der Waals surface area (Å²) in [5.74, 6) is -0.124. The standard InChI is InChI=1S/C20H15N5O5/c26-17-16-18(25(29)19(27)22-17)24(10-21-16)23-20(28)30-9-15-13-7-3-1-5-11(13)12-6-2-4-8-14(12)15/h1-8,10,15,29H,9H2,(H,23,28)(H,22,26,27). The van der Waals surface area contributed by atoms with E-state index in [-0.39, 0.29) is 28.4 Å². The van der Waals surface area contributed by atoms with Crippen LogP contribution in [0.4, 0.5) is 4.79 Å². The first-order chi connectivity index (χ1) is 14.5. The molecule has 10 nitrogen and oxygen atoms in total. The zero-order chi connectivity index (χ0) is 20.8. The van der Waals surface area contributed by atoms with E-state index in [1.54, 1.807) is 0 Å². The van der Waals surface area contributed by atoms with Gasteiger partial charge in [-0.05, 0) is 22.3 Å². The number of hydrogen-bond donors (Lipinski definition) is 3. The minimum absolute atomic E-state index is 0.0823. The van der Waals surface area contributed by atoms with Crippen LogP contribution in [0.2, 0.25) is 0 Å². The fourth-order valence-corrected chi connectivity index (χ4v) is 3.82.